The lowest BCUT2D eigenvalue weighted by molar-refractivity contribution is -0.121. The van der Waals surface area contributed by atoms with Gasteiger partial charge in [0.2, 0.25) is 5.91 Å². The van der Waals surface area contributed by atoms with Crippen molar-refractivity contribution >= 4 is 27.5 Å². The molecule has 6 heteroatoms. The van der Waals surface area contributed by atoms with E-state index in [1.165, 1.54) is 0 Å². The molecule has 92 valence electrons. The molecule has 5 nitrogen and oxygen atoms in total. The molecule has 3 N–H and O–H groups in total. The molecule has 0 aliphatic carbocycles. The molecule has 1 aromatic rings. The van der Waals surface area contributed by atoms with Crippen LogP contribution < -0.4 is 11.1 Å². The second kappa shape index (κ2) is 4.72. The number of hydrogen-bond acceptors (Lipinski definition) is 4. The first kappa shape index (κ1) is 12.5. The minimum absolute atomic E-state index is 0.220. The van der Waals surface area contributed by atoms with Crippen molar-refractivity contribution in [3.05, 3.63) is 22.4 Å². The van der Waals surface area contributed by atoms with Gasteiger partial charge in [-0.15, -0.1) is 0 Å². The lowest BCUT2D eigenvalue weighted by atomic mass is 9.99. The first-order valence-electron chi connectivity index (χ1n) is 5.32. The summed E-state index contributed by atoms with van der Waals surface area (Å²) < 4.78 is 5.90. The summed E-state index contributed by atoms with van der Waals surface area (Å²) >= 11 is 3.27. The van der Waals surface area contributed by atoms with E-state index in [4.69, 9.17) is 10.5 Å². The Balaban J connectivity index is 2.13. The summed E-state index contributed by atoms with van der Waals surface area (Å²) in [7, 11) is 0. The van der Waals surface area contributed by atoms with Gasteiger partial charge in [-0.1, -0.05) is 0 Å². The van der Waals surface area contributed by atoms with Crippen LogP contribution in [0.2, 0.25) is 0 Å². The number of carbonyl (C=O) groups is 1. The van der Waals surface area contributed by atoms with Crippen LogP contribution in [0.5, 0.6) is 0 Å². The molecule has 0 spiro atoms. The van der Waals surface area contributed by atoms with E-state index < -0.39 is 5.54 Å². The molecule has 1 unspecified atom stereocenters. The topological polar surface area (TPSA) is 77.2 Å². The minimum Gasteiger partial charge on any atom is -0.379 e. The van der Waals surface area contributed by atoms with E-state index in [-0.39, 0.29) is 12.5 Å². The zero-order chi connectivity index (χ0) is 12.5. The molecule has 0 radical (unpaired) electrons. The molecule has 1 aromatic heterocycles. The van der Waals surface area contributed by atoms with Crippen LogP contribution in [-0.2, 0) is 9.53 Å². The molecule has 1 fully saturated rings. The number of nitrogens with two attached hydrogens (primary N) is 1. The zero-order valence-corrected chi connectivity index (χ0v) is 11.1. The van der Waals surface area contributed by atoms with Crippen molar-refractivity contribution in [1.29, 1.82) is 0 Å². The zero-order valence-electron chi connectivity index (χ0n) is 9.50. The number of anilines is 1. The summed E-state index contributed by atoms with van der Waals surface area (Å²) in [5.74, 6) is -0.220. The molecule has 2 rings (SSSR count). The number of aryl methyl sites for hydroxylation is 1. The first-order chi connectivity index (χ1) is 8.01. The Morgan fingerprint density at radius 3 is 3.00 bits per heavy atom. The van der Waals surface area contributed by atoms with Crippen molar-refractivity contribution in [2.24, 2.45) is 5.73 Å². The highest BCUT2D eigenvalue weighted by Gasteiger charge is 2.38. The van der Waals surface area contributed by atoms with Crippen molar-refractivity contribution in [3.8, 4) is 0 Å². The lowest BCUT2D eigenvalue weighted by Crippen LogP contribution is -2.51. The van der Waals surface area contributed by atoms with Crippen LogP contribution in [0.1, 0.15) is 12.1 Å². The number of aromatic nitrogens is 1. The van der Waals surface area contributed by atoms with Crippen LogP contribution in [0.15, 0.2) is 16.7 Å². The van der Waals surface area contributed by atoms with Crippen molar-refractivity contribution in [3.63, 3.8) is 0 Å². The van der Waals surface area contributed by atoms with E-state index in [9.17, 15) is 4.79 Å². The number of hydrogen-bond donors (Lipinski definition) is 2. The molecule has 1 aliphatic rings. The highest BCUT2D eigenvalue weighted by atomic mass is 79.9. The summed E-state index contributed by atoms with van der Waals surface area (Å²) in [6.45, 7) is 2.62. The quantitative estimate of drug-likeness (QED) is 0.805. The summed E-state index contributed by atoms with van der Waals surface area (Å²) in [5.41, 5.74) is 6.47. The summed E-state index contributed by atoms with van der Waals surface area (Å²) in [6, 6.07) is 3.57. The highest BCUT2D eigenvalue weighted by molar-refractivity contribution is 9.10. The molecule has 0 bridgehead atoms. The van der Waals surface area contributed by atoms with Crippen LogP contribution >= 0.6 is 15.9 Å². The molecule has 0 aromatic carbocycles. The number of halogens is 1. The number of rotatable bonds is 2. The SMILES string of the molecule is Cc1nc(Br)ccc1NC(=O)C1(N)CCOC1. The average Bonchev–Trinajstić information content (AvgIpc) is 2.71. The van der Waals surface area contributed by atoms with E-state index in [1.807, 2.05) is 6.92 Å². The fraction of sp³-hybridized carbons (Fsp3) is 0.455. The van der Waals surface area contributed by atoms with E-state index in [0.29, 0.717) is 18.7 Å². The normalized spacial score (nSPS) is 23.7. The van der Waals surface area contributed by atoms with E-state index in [1.54, 1.807) is 12.1 Å². The smallest absolute Gasteiger partial charge is 0.246 e. The fourth-order valence-electron chi connectivity index (χ4n) is 1.67. The van der Waals surface area contributed by atoms with Crippen LogP contribution in [0.4, 0.5) is 5.69 Å². The van der Waals surface area contributed by atoms with Gasteiger partial charge in [0.1, 0.15) is 10.1 Å². The van der Waals surface area contributed by atoms with Crippen molar-refractivity contribution in [2.45, 2.75) is 18.9 Å². The number of carbonyl (C=O) groups excluding carboxylic acids is 1. The molecule has 1 amide bonds. The molecule has 17 heavy (non-hydrogen) atoms. The Hall–Kier alpha value is -0.980. The number of pyridine rings is 1. The van der Waals surface area contributed by atoms with Crippen LogP contribution in [0.25, 0.3) is 0 Å². The Morgan fingerprint density at radius 2 is 2.41 bits per heavy atom. The van der Waals surface area contributed by atoms with Gasteiger partial charge in [-0.05, 0) is 41.4 Å². The predicted molar refractivity (Wildman–Crippen MR) is 67.7 cm³/mol. The fourth-order valence-corrected chi connectivity index (χ4v) is 2.07. The Labute approximate surface area is 108 Å². The second-order valence-electron chi connectivity index (χ2n) is 4.18. The van der Waals surface area contributed by atoms with Gasteiger partial charge < -0.3 is 15.8 Å². The molecule has 2 heterocycles. The van der Waals surface area contributed by atoms with Crippen LogP contribution in [0.3, 0.4) is 0 Å². The van der Waals surface area contributed by atoms with Gasteiger partial charge in [0.25, 0.3) is 0 Å². The van der Waals surface area contributed by atoms with E-state index in [0.717, 1.165) is 10.3 Å². The molecular weight excluding hydrogens is 286 g/mol. The monoisotopic (exact) mass is 299 g/mol. The van der Waals surface area contributed by atoms with Gasteiger partial charge in [-0.2, -0.15) is 0 Å². The molecule has 0 saturated carbocycles. The van der Waals surface area contributed by atoms with E-state index >= 15 is 0 Å². The van der Waals surface area contributed by atoms with Gasteiger partial charge in [0, 0.05) is 6.61 Å². The maximum atomic E-state index is 12.0. The molecule has 1 atom stereocenters. The predicted octanol–water partition coefficient (Wildman–Crippen LogP) is 1.21. The number of nitrogens with zero attached hydrogens (tertiary/aromatic N) is 1. The molecule has 1 saturated heterocycles. The third kappa shape index (κ3) is 2.65. The van der Waals surface area contributed by atoms with Crippen LogP contribution in [-0.4, -0.2) is 29.6 Å². The van der Waals surface area contributed by atoms with Gasteiger partial charge in [-0.25, -0.2) is 4.98 Å². The number of ether oxygens (including phenoxy) is 1. The number of amides is 1. The summed E-state index contributed by atoms with van der Waals surface area (Å²) in [4.78, 5) is 16.2. The van der Waals surface area contributed by atoms with Crippen molar-refractivity contribution in [2.75, 3.05) is 18.5 Å². The lowest BCUT2D eigenvalue weighted by Gasteiger charge is -2.21. The maximum Gasteiger partial charge on any atom is 0.246 e. The Kier molecular flexibility index (Phi) is 3.46. The van der Waals surface area contributed by atoms with Crippen molar-refractivity contribution < 1.29 is 9.53 Å². The van der Waals surface area contributed by atoms with E-state index in [2.05, 4.69) is 26.2 Å². The average molecular weight is 300 g/mol. The third-order valence-corrected chi connectivity index (χ3v) is 3.25. The van der Waals surface area contributed by atoms with Gasteiger partial charge in [0.05, 0.1) is 18.0 Å². The van der Waals surface area contributed by atoms with Gasteiger partial charge in [0.15, 0.2) is 0 Å². The summed E-state index contributed by atoms with van der Waals surface area (Å²) in [6.07, 6.45) is 0.543. The Morgan fingerprint density at radius 1 is 1.65 bits per heavy atom. The van der Waals surface area contributed by atoms with Crippen molar-refractivity contribution in [1.82, 2.24) is 4.98 Å². The highest BCUT2D eigenvalue weighted by Crippen LogP contribution is 2.20. The van der Waals surface area contributed by atoms with Gasteiger partial charge in [-0.3, -0.25) is 4.79 Å². The second-order valence-corrected chi connectivity index (χ2v) is 4.99. The Bertz CT molecular complexity index is 444. The minimum atomic E-state index is -0.917. The summed E-state index contributed by atoms with van der Waals surface area (Å²) in [5, 5.41) is 2.79. The van der Waals surface area contributed by atoms with Crippen LogP contribution in [0, 0.1) is 6.92 Å². The molecular formula is C11H14BrN3O2. The van der Waals surface area contributed by atoms with Gasteiger partial charge >= 0.3 is 0 Å². The molecule has 1 aliphatic heterocycles. The maximum absolute atomic E-state index is 12.0. The largest absolute Gasteiger partial charge is 0.379 e. The number of nitrogens with one attached hydrogen (secondary N) is 1. The standard InChI is InChI=1S/C11H14BrN3O2/c1-7-8(2-3-9(12)14-7)15-10(16)11(13)4-5-17-6-11/h2-3H,4-6,13H2,1H3,(H,15,16). The third-order valence-electron chi connectivity index (χ3n) is 2.80. The first-order valence-corrected chi connectivity index (χ1v) is 6.12.